The van der Waals surface area contributed by atoms with Crippen LogP contribution in [0.4, 0.5) is 0 Å². The maximum Gasteiger partial charge on any atom is 0.292 e. The van der Waals surface area contributed by atoms with Crippen molar-refractivity contribution in [1.29, 1.82) is 0 Å². The third-order valence-electron chi connectivity index (χ3n) is 4.19. The summed E-state index contributed by atoms with van der Waals surface area (Å²) in [4.78, 5) is 6.34. The van der Waals surface area contributed by atoms with E-state index in [9.17, 15) is 0 Å². The quantitative estimate of drug-likeness (QED) is 0.536. The molecule has 0 aliphatic carbocycles. The number of hydrogen-bond donors (Lipinski definition) is 1. The third kappa shape index (κ3) is 3.46. The molecular formula is C19H19N4OS2+. The minimum atomic E-state index is 0.395. The highest BCUT2D eigenvalue weighted by Crippen LogP contribution is 2.22. The van der Waals surface area contributed by atoms with Crippen LogP contribution >= 0.6 is 23.6 Å². The van der Waals surface area contributed by atoms with E-state index < -0.39 is 0 Å². The van der Waals surface area contributed by atoms with Crippen LogP contribution < -0.4 is 4.90 Å². The van der Waals surface area contributed by atoms with Crippen molar-refractivity contribution in [2.24, 2.45) is 0 Å². The molecule has 2 heterocycles. The maximum absolute atomic E-state index is 5.72. The van der Waals surface area contributed by atoms with E-state index in [0.29, 0.717) is 17.4 Å². The molecule has 0 amide bonds. The molecule has 26 heavy (non-hydrogen) atoms. The summed E-state index contributed by atoms with van der Waals surface area (Å²) in [5.41, 5.74) is 3.15. The molecule has 0 aliphatic heterocycles. The predicted octanol–water partition coefficient (Wildman–Crippen LogP) is 3.46. The molecule has 1 N–H and O–H groups in total. The Balaban J connectivity index is 1.52. The Morgan fingerprint density at radius 1 is 1.15 bits per heavy atom. The van der Waals surface area contributed by atoms with Crippen molar-refractivity contribution in [2.45, 2.75) is 20.1 Å². The lowest BCUT2D eigenvalue weighted by Gasteiger charge is -2.11. The number of aryl methyl sites for hydroxylation is 1. The van der Waals surface area contributed by atoms with Gasteiger partial charge in [0.1, 0.15) is 11.6 Å². The zero-order valence-corrected chi connectivity index (χ0v) is 16.2. The van der Waals surface area contributed by atoms with E-state index in [2.05, 4.69) is 18.2 Å². The fourth-order valence-electron chi connectivity index (χ4n) is 2.89. The van der Waals surface area contributed by atoms with Crippen molar-refractivity contribution >= 4 is 33.8 Å². The molecule has 0 aliphatic rings. The lowest BCUT2D eigenvalue weighted by atomic mass is 10.1. The van der Waals surface area contributed by atoms with Gasteiger partial charge in [0, 0.05) is 5.56 Å². The molecule has 1 unspecified atom stereocenters. The van der Waals surface area contributed by atoms with Gasteiger partial charge < -0.3 is 9.32 Å². The monoisotopic (exact) mass is 383 g/mol. The van der Waals surface area contributed by atoms with Crippen molar-refractivity contribution in [1.82, 2.24) is 14.8 Å². The number of fused-ring (bicyclic) bond motifs is 1. The lowest BCUT2D eigenvalue weighted by Crippen LogP contribution is -3.07. The molecule has 0 saturated heterocycles. The Kier molecular flexibility index (Phi) is 4.67. The number of thiazole rings is 1. The van der Waals surface area contributed by atoms with E-state index in [1.165, 1.54) is 9.60 Å². The fraction of sp³-hybridized carbons (Fsp3) is 0.211. The second-order valence-corrected chi connectivity index (χ2v) is 7.82. The number of quaternary nitrogens is 1. The number of hydrogen-bond acceptors (Lipinski definition) is 5. The third-order valence-corrected chi connectivity index (χ3v) is 5.52. The van der Waals surface area contributed by atoms with E-state index in [4.69, 9.17) is 21.6 Å². The zero-order valence-electron chi connectivity index (χ0n) is 14.6. The molecular weight excluding hydrogens is 364 g/mol. The van der Waals surface area contributed by atoms with Crippen LogP contribution in [0, 0.1) is 11.8 Å². The van der Waals surface area contributed by atoms with Gasteiger partial charge in [0.15, 0.2) is 6.67 Å². The lowest BCUT2D eigenvalue weighted by molar-refractivity contribution is -0.917. The molecule has 5 nitrogen and oxygen atoms in total. The number of nitrogens with zero attached hydrogens (tertiary/aromatic N) is 3. The second-order valence-electron chi connectivity index (χ2n) is 6.35. The number of aromatic nitrogens is 3. The molecule has 0 bridgehead atoms. The molecule has 2 aromatic heterocycles. The number of nitrogens with one attached hydrogen (secondary N) is 1. The summed E-state index contributed by atoms with van der Waals surface area (Å²) < 4.78 is 8.69. The van der Waals surface area contributed by atoms with Crippen LogP contribution in [-0.2, 0) is 13.2 Å². The van der Waals surface area contributed by atoms with Crippen molar-refractivity contribution in [2.75, 3.05) is 7.05 Å². The van der Waals surface area contributed by atoms with Gasteiger partial charge in [-0.3, -0.25) is 0 Å². The Bertz CT molecular complexity index is 1080. The van der Waals surface area contributed by atoms with Gasteiger partial charge in [0.25, 0.3) is 4.84 Å². The van der Waals surface area contributed by atoms with Crippen LogP contribution in [-0.4, -0.2) is 21.8 Å². The maximum atomic E-state index is 5.72. The van der Waals surface area contributed by atoms with Gasteiger partial charge in [-0.1, -0.05) is 30.3 Å². The number of benzene rings is 2. The van der Waals surface area contributed by atoms with Crippen LogP contribution in [0.1, 0.15) is 10.6 Å². The Labute approximate surface area is 160 Å². The van der Waals surface area contributed by atoms with Gasteiger partial charge in [0.2, 0.25) is 5.89 Å². The normalized spacial score (nSPS) is 12.5. The minimum absolute atomic E-state index is 0.395. The van der Waals surface area contributed by atoms with E-state index in [1.807, 2.05) is 49.4 Å². The number of rotatable bonds is 5. The second kappa shape index (κ2) is 7.11. The SMILES string of the molecule is Cc1ccccc1-c1nn(C[NH+](C)Cc2nc3ccccc3s2)c(=S)o1. The minimum Gasteiger partial charge on any atom is -0.409 e. The Hall–Kier alpha value is -2.35. The topological polar surface area (TPSA) is 48.3 Å². The van der Waals surface area contributed by atoms with Crippen LogP contribution in [0.2, 0.25) is 0 Å². The fourth-order valence-corrected chi connectivity index (χ4v) is 4.16. The smallest absolute Gasteiger partial charge is 0.292 e. The zero-order chi connectivity index (χ0) is 18.1. The molecule has 2 aromatic carbocycles. The molecule has 7 heteroatoms. The average molecular weight is 384 g/mol. The van der Waals surface area contributed by atoms with Gasteiger partial charge >= 0.3 is 0 Å². The largest absolute Gasteiger partial charge is 0.409 e. The summed E-state index contributed by atoms with van der Waals surface area (Å²) in [6.07, 6.45) is 0. The summed E-state index contributed by atoms with van der Waals surface area (Å²) >= 11 is 7.09. The first-order chi connectivity index (χ1) is 12.6. The first-order valence-electron chi connectivity index (χ1n) is 8.40. The molecule has 0 saturated carbocycles. The molecule has 0 spiro atoms. The highest BCUT2D eigenvalue weighted by Gasteiger charge is 2.14. The first-order valence-corrected chi connectivity index (χ1v) is 9.62. The summed E-state index contributed by atoms with van der Waals surface area (Å²) in [7, 11) is 2.11. The summed E-state index contributed by atoms with van der Waals surface area (Å²) in [6.45, 7) is 3.48. The van der Waals surface area contributed by atoms with Crippen LogP contribution in [0.25, 0.3) is 21.7 Å². The van der Waals surface area contributed by atoms with E-state index >= 15 is 0 Å². The molecule has 4 rings (SSSR count). The first kappa shape index (κ1) is 17.1. The van der Waals surface area contributed by atoms with Crippen LogP contribution in [0.5, 0.6) is 0 Å². The summed E-state index contributed by atoms with van der Waals surface area (Å²) in [5.74, 6) is 0.570. The van der Waals surface area contributed by atoms with E-state index in [1.54, 1.807) is 16.0 Å². The van der Waals surface area contributed by atoms with Gasteiger partial charge in [-0.05, 0) is 42.9 Å². The molecule has 4 aromatic rings. The number of para-hydroxylation sites is 1. The molecule has 0 fully saturated rings. The van der Waals surface area contributed by atoms with Gasteiger partial charge in [-0.2, -0.15) is 4.68 Å². The van der Waals surface area contributed by atoms with E-state index in [-0.39, 0.29) is 0 Å². The van der Waals surface area contributed by atoms with E-state index in [0.717, 1.165) is 28.2 Å². The van der Waals surface area contributed by atoms with Crippen molar-refractivity contribution < 1.29 is 9.32 Å². The van der Waals surface area contributed by atoms with Crippen LogP contribution in [0.3, 0.4) is 0 Å². The van der Waals surface area contributed by atoms with Crippen LogP contribution in [0.15, 0.2) is 52.9 Å². The van der Waals surface area contributed by atoms with Crippen molar-refractivity contribution in [3.05, 3.63) is 63.9 Å². The standard InChI is InChI=1S/C19H18N4OS2/c1-13-7-3-4-8-14(13)18-21-23(19(25)24-18)12-22(2)11-17-20-15-9-5-6-10-16(15)26-17/h3-10H,11-12H2,1-2H3/p+1. The molecule has 132 valence electrons. The van der Waals surface area contributed by atoms with Gasteiger partial charge in [0.05, 0.1) is 17.3 Å². The Morgan fingerprint density at radius 2 is 1.92 bits per heavy atom. The average Bonchev–Trinajstić information content (AvgIpc) is 3.18. The van der Waals surface area contributed by atoms with Gasteiger partial charge in [-0.15, -0.1) is 16.4 Å². The summed E-state index contributed by atoms with van der Waals surface area (Å²) in [6, 6.07) is 16.2. The van der Waals surface area contributed by atoms with Crippen molar-refractivity contribution in [3.8, 4) is 11.5 Å². The predicted molar refractivity (Wildman–Crippen MR) is 106 cm³/mol. The van der Waals surface area contributed by atoms with Gasteiger partial charge in [-0.25, -0.2) is 4.98 Å². The summed E-state index contributed by atoms with van der Waals surface area (Å²) in [5, 5.41) is 5.68. The van der Waals surface area contributed by atoms with Crippen molar-refractivity contribution in [3.63, 3.8) is 0 Å². The Morgan fingerprint density at radius 3 is 2.73 bits per heavy atom. The highest BCUT2D eigenvalue weighted by atomic mass is 32.1. The highest BCUT2D eigenvalue weighted by molar-refractivity contribution is 7.71. The molecule has 1 atom stereocenters. The molecule has 0 radical (unpaired) electrons.